The Hall–Kier alpha value is -3.65. The fourth-order valence-corrected chi connectivity index (χ4v) is 3.70. The van der Waals surface area contributed by atoms with Crippen molar-refractivity contribution in [1.29, 1.82) is 0 Å². The van der Waals surface area contributed by atoms with Crippen molar-refractivity contribution in [3.05, 3.63) is 64.6 Å². The Kier molecular flexibility index (Phi) is 5.49. The molecule has 2 heterocycles. The summed E-state index contributed by atoms with van der Waals surface area (Å²) in [4.78, 5) is 17.4. The van der Waals surface area contributed by atoms with Gasteiger partial charge in [0, 0.05) is 16.5 Å². The van der Waals surface area contributed by atoms with Gasteiger partial charge >= 0.3 is 0 Å². The molecule has 7 nitrogen and oxygen atoms in total. The molecule has 1 amide bonds. The predicted octanol–water partition coefficient (Wildman–Crippen LogP) is 4.78. The summed E-state index contributed by atoms with van der Waals surface area (Å²) in [5.41, 5.74) is 4.02. The number of amides is 1. The number of anilines is 1. The molecule has 4 rings (SSSR count). The largest absolute Gasteiger partial charge is 0.497 e. The van der Waals surface area contributed by atoms with Gasteiger partial charge < -0.3 is 14.8 Å². The van der Waals surface area contributed by atoms with E-state index in [4.69, 9.17) is 9.47 Å². The molecule has 0 aliphatic rings. The number of benzene rings is 2. The molecule has 0 spiro atoms. The van der Waals surface area contributed by atoms with E-state index in [1.807, 2.05) is 42.6 Å². The van der Waals surface area contributed by atoms with Gasteiger partial charge in [0.1, 0.15) is 17.2 Å². The summed E-state index contributed by atoms with van der Waals surface area (Å²) in [5, 5.41) is 13.0. The van der Waals surface area contributed by atoms with Crippen LogP contribution in [-0.4, -0.2) is 35.3 Å². The number of aromatic amines is 1. The summed E-state index contributed by atoms with van der Waals surface area (Å²) in [5.74, 6) is 1.01. The topological polar surface area (TPSA) is 89.1 Å². The van der Waals surface area contributed by atoms with Crippen molar-refractivity contribution in [2.24, 2.45) is 0 Å². The van der Waals surface area contributed by atoms with Crippen LogP contribution in [0.3, 0.4) is 0 Å². The van der Waals surface area contributed by atoms with Crippen molar-refractivity contribution >= 4 is 22.9 Å². The third-order valence-corrected chi connectivity index (χ3v) is 5.35. The zero-order chi connectivity index (χ0) is 21.1. The van der Waals surface area contributed by atoms with Gasteiger partial charge in [-0.25, -0.2) is 4.98 Å². The van der Waals surface area contributed by atoms with Crippen molar-refractivity contribution in [3.8, 4) is 34.0 Å². The fourth-order valence-electron chi connectivity index (χ4n) is 3.08. The SMILES string of the molecule is COc1ccc(OC)c(-c2cc(C(=O)Nc3ccccc3-c3csc(C)n3)[nH]n2)c1. The molecule has 0 aliphatic heterocycles. The first kappa shape index (κ1) is 19.7. The molecular formula is C22H20N4O3S. The molecule has 2 aromatic carbocycles. The number of aryl methyl sites for hydroxylation is 1. The first-order valence-corrected chi connectivity index (χ1v) is 10.1. The normalized spacial score (nSPS) is 10.6. The van der Waals surface area contributed by atoms with E-state index in [1.165, 1.54) is 0 Å². The van der Waals surface area contributed by atoms with E-state index >= 15 is 0 Å². The third kappa shape index (κ3) is 3.90. The number of hydrogen-bond donors (Lipinski definition) is 2. The first-order valence-electron chi connectivity index (χ1n) is 9.19. The summed E-state index contributed by atoms with van der Waals surface area (Å²) in [7, 11) is 3.18. The highest BCUT2D eigenvalue weighted by Gasteiger charge is 2.17. The molecule has 0 bridgehead atoms. The second kappa shape index (κ2) is 8.38. The highest BCUT2D eigenvalue weighted by molar-refractivity contribution is 7.09. The molecule has 152 valence electrons. The number of methoxy groups -OCH3 is 2. The minimum absolute atomic E-state index is 0.296. The Morgan fingerprint density at radius 1 is 1.03 bits per heavy atom. The number of ether oxygens (including phenoxy) is 2. The van der Waals surface area contributed by atoms with Crippen molar-refractivity contribution in [3.63, 3.8) is 0 Å². The molecule has 0 atom stereocenters. The minimum Gasteiger partial charge on any atom is -0.497 e. The van der Waals surface area contributed by atoms with Gasteiger partial charge in [-0.3, -0.25) is 9.89 Å². The number of carbonyl (C=O) groups is 1. The summed E-state index contributed by atoms with van der Waals surface area (Å²) in [6, 6.07) is 14.7. The molecule has 0 aliphatic carbocycles. The molecule has 0 saturated heterocycles. The smallest absolute Gasteiger partial charge is 0.273 e. The van der Waals surface area contributed by atoms with Crippen LogP contribution in [0.25, 0.3) is 22.5 Å². The molecule has 0 radical (unpaired) electrons. The van der Waals surface area contributed by atoms with E-state index in [9.17, 15) is 4.79 Å². The maximum absolute atomic E-state index is 12.9. The van der Waals surface area contributed by atoms with Crippen LogP contribution in [0, 0.1) is 6.92 Å². The molecule has 4 aromatic rings. The van der Waals surface area contributed by atoms with Crippen molar-refractivity contribution in [2.45, 2.75) is 6.92 Å². The highest BCUT2D eigenvalue weighted by atomic mass is 32.1. The monoisotopic (exact) mass is 420 g/mol. The Balaban J connectivity index is 1.61. The van der Waals surface area contributed by atoms with E-state index < -0.39 is 0 Å². The van der Waals surface area contributed by atoms with Crippen molar-refractivity contribution in [1.82, 2.24) is 15.2 Å². The highest BCUT2D eigenvalue weighted by Crippen LogP contribution is 2.33. The lowest BCUT2D eigenvalue weighted by Crippen LogP contribution is -2.13. The Bertz CT molecular complexity index is 1200. The number of hydrogen-bond acceptors (Lipinski definition) is 6. The van der Waals surface area contributed by atoms with Gasteiger partial charge in [-0.2, -0.15) is 5.10 Å². The number of nitrogens with one attached hydrogen (secondary N) is 2. The van der Waals surface area contributed by atoms with Crippen molar-refractivity contribution < 1.29 is 14.3 Å². The van der Waals surface area contributed by atoms with E-state index in [0.29, 0.717) is 28.6 Å². The predicted molar refractivity (Wildman–Crippen MR) is 117 cm³/mol. The fraction of sp³-hybridized carbons (Fsp3) is 0.136. The molecular weight excluding hydrogens is 400 g/mol. The minimum atomic E-state index is -0.296. The lowest BCUT2D eigenvalue weighted by atomic mass is 10.1. The van der Waals surface area contributed by atoms with E-state index in [0.717, 1.165) is 21.8 Å². The molecule has 0 fully saturated rings. The number of thiazole rings is 1. The Morgan fingerprint density at radius 2 is 1.87 bits per heavy atom. The summed E-state index contributed by atoms with van der Waals surface area (Å²) in [6.45, 7) is 1.95. The van der Waals surface area contributed by atoms with Crippen LogP contribution in [0.15, 0.2) is 53.9 Å². The van der Waals surface area contributed by atoms with Gasteiger partial charge in [-0.1, -0.05) is 18.2 Å². The number of para-hydroxylation sites is 1. The van der Waals surface area contributed by atoms with E-state index in [2.05, 4.69) is 20.5 Å². The maximum atomic E-state index is 12.9. The second-order valence-electron chi connectivity index (χ2n) is 6.48. The second-order valence-corrected chi connectivity index (χ2v) is 7.55. The van der Waals surface area contributed by atoms with Gasteiger partial charge in [-0.15, -0.1) is 11.3 Å². The number of nitrogens with zero attached hydrogens (tertiary/aromatic N) is 2. The molecule has 2 aromatic heterocycles. The Morgan fingerprint density at radius 3 is 2.60 bits per heavy atom. The summed E-state index contributed by atoms with van der Waals surface area (Å²) >= 11 is 1.57. The van der Waals surface area contributed by atoms with Gasteiger partial charge in [0.2, 0.25) is 0 Å². The van der Waals surface area contributed by atoms with Gasteiger partial charge in [0.25, 0.3) is 5.91 Å². The zero-order valence-electron chi connectivity index (χ0n) is 16.7. The molecule has 2 N–H and O–H groups in total. The van der Waals surface area contributed by atoms with Crippen LogP contribution in [0.4, 0.5) is 5.69 Å². The lowest BCUT2D eigenvalue weighted by molar-refractivity contribution is 0.102. The molecule has 8 heteroatoms. The van der Waals surface area contributed by atoms with Gasteiger partial charge in [0.15, 0.2) is 0 Å². The number of H-pyrrole nitrogens is 1. The van der Waals surface area contributed by atoms with Gasteiger partial charge in [0.05, 0.1) is 36.3 Å². The number of aromatic nitrogens is 3. The zero-order valence-corrected chi connectivity index (χ0v) is 17.5. The van der Waals surface area contributed by atoms with Crippen LogP contribution >= 0.6 is 11.3 Å². The van der Waals surface area contributed by atoms with Crippen LogP contribution in [0.5, 0.6) is 11.5 Å². The Labute approximate surface area is 177 Å². The molecule has 30 heavy (non-hydrogen) atoms. The first-order chi connectivity index (χ1) is 14.6. The van der Waals surface area contributed by atoms with Crippen LogP contribution in [-0.2, 0) is 0 Å². The number of carbonyl (C=O) groups excluding carboxylic acids is 1. The average Bonchev–Trinajstić information content (AvgIpc) is 3.43. The quantitative estimate of drug-likeness (QED) is 0.469. The lowest BCUT2D eigenvalue weighted by Gasteiger charge is -2.09. The third-order valence-electron chi connectivity index (χ3n) is 4.58. The van der Waals surface area contributed by atoms with Crippen LogP contribution < -0.4 is 14.8 Å². The van der Waals surface area contributed by atoms with Crippen LogP contribution in [0.2, 0.25) is 0 Å². The van der Waals surface area contributed by atoms with Crippen molar-refractivity contribution in [2.75, 3.05) is 19.5 Å². The number of rotatable bonds is 6. The standard InChI is InChI=1S/C22H20N4O3S/c1-13-23-20(12-30-13)15-6-4-5-7-17(15)24-22(27)19-11-18(25-26-19)16-10-14(28-2)8-9-21(16)29-3/h4-12H,1-3H3,(H,24,27)(H,25,26). The van der Waals surface area contributed by atoms with Gasteiger partial charge in [-0.05, 0) is 37.3 Å². The summed E-state index contributed by atoms with van der Waals surface area (Å²) < 4.78 is 10.7. The molecule has 0 unspecified atom stereocenters. The van der Waals surface area contributed by atoms with Crippen LogP contribution in [0.1, 0.15) is 15.5 Å². The summed E-state index contributed by atoms with van der Waals surface area (Å²) in [6.07, 6.45) is 0. The maximum Gasteiger partial charge on any atom is 0.273 e. The average molecular weight is 420 g/mol. The molecule has 0 saturated carbocycles. The van der Waals surface area contributed by atoms with E-state index in [-0.39, 0.29) is 5.91 Å². The van der Waals surface area contributed by atoms with E-state index in [1.54, 1.807) is 43.8 Å².